The quantitative estimate of drug-likeness (QED) is 0.762. The fraction of sp³-hybridized carbons (Fsp3) is 1.00. The van der Waals surface area contributed by atoms with Gasteiger partial charge in [-0.2, -0.15) is 0 Å². The molecule has 0 aromatic heterocycles. The van der Waals surface area contributed by atoms with E-state index in [-0.39, 0.29) is 35.7 Å². The molecule has 2 saturated heterocycles. The van der Waals surface area contributed by atoms with Crippen molar-refractivity contribution >= 4 is 0 Å². The third kappa shape index (κ3) is 2.76. The van der Waals surface area contributed by atoms with Crippen LogP contribution in [0.3, 0.4) is 0 Å². The lowest BCUT2D eigenvalue weighted by Gasteiger charge is -2.67. The molecule has 4 aliphatic rings. The van der Waals surface area contributed by atoms with E-state index in [0.29, 0.717) is 18.3 Å². The van der Waals surface area contributed by atoms with Crippen LogP contribution in [0.15, 0.2) is 0 Å². The Morgan fingerprint density at radius 3 is 2.39 bits per heavy atom. The van der Waals surface area contributed by atoms with E-state index in [1.807, 2.05) is 13.8 Å². The van der Waals surface area contributed by atoms with Crippen molar-refractivity contribution in [2.24, 2.45) is 22.7 Å². The lowest BCUT2D eigenvalue weighted by molar-refractivity contribution is -0.359. The number of rotatable bonds is 3. The number of aliphatic hydroxyl groups excluding tert-OH is 2. The Morgan fingerprint density at radius 1 is 0.964 bits per heavy atom. The van der Waals surface area contributed by atoms with Crippen LogP contribution in [0.1, 0.15) is 79.6 Å². The molecule has 5 nitrogen and oxygen atoms in total. The lowest BCUT2D eigenvalue weighted by atomic mass is 9.43. The van der Waals surface area contributed by atoms with Crippen LogP contribution in [0.25, 0.3) is 0 Å². The molecule has 162 valence electrons. The van der Waals surface area contributed by atoms with E-state index in [1.54, 1.807) is 0 Å². The van der Waals surface area contributed by atoms with E-state index in [9.17, 15) is 10.2 Å². The van der Waals surface area contributed by atoms with Gasteiger partial charge < -0.3 is 24.4 Å². The monoisotopic (exact) mass is 396 g/mol. The predicted octanol–water partition coefficient (Wildman–Crippen LogP) is 3.65. The molecule has 2 heterocycles. The van der Waals surface area contributed by atoms with E-state index >= 15 is 0 Å². The standard InChI is InChI=1S/C23H40O5/c1-16-6-7-17-20(4)15-26-19(2,3)27-18(20)8-9-21(17,5)23(16)11-10-22(14-25,28-23)12-13-24/h16-18,24-25H,6-15H2,1-5H3/t16-,17-,18+,20+,21+,22+,23-/m1/s1. The molecule has 7 atom stereocenters. The van der Waals surface area contributed by atoms with Gasteiger partial charge in [0.2, 0.25) is 0 Å². The summed E-state index contributed by atoms with van der Waals surface area (Å²) in [5.74, 6) is 0.409. The second kappa shape index (κ2) is 6.65. The van der Waals surface area contributed by atoms with Crippen LogP contribution in [-0.2, 0) is 14.2 Å². The summed E-state index contributed by atoms with van der Waals surface area (Å²) in [5, 5.41) is 19.7. The van der Waals surface area contributed by atoms with Gasteiger partial charge in [0.1, 0.15) is 0 Å². The molecule has 2 aliphatic heterocycles. The SMILES string of the molecule is C[C@@H]1CC[C@@H]2[C@]3(C)COC(C)(C)O[C@H]3CC[C@]2(C)[C@@]12CC[C@@](CO)(CCO)O2. The molecule has 2 aliphatic carbocycles. The van der Waals surface area contributed by atoms with Gasteiger partial charge in [0.25, 0.3) is 0 Å². The van der Waals surface area contributed by atoms with Gasteiger partial charge in [-0.3, -0.25) is 0 Å². The molecular weight excluding hydrogens is 356 g/mol. The molecule has 0 radical (unpaired) electrons. The maximum absolute atomic E-state index is 10.1. The van der Waals surface area contributed by atoms with Crippen molar-refractivity contribution in [2.45, 2.75) is 103 Å². The molecule has 2 saturated carbocycles. The number of hydrogen-bond donors (Lipinski definition) is 2. The average Bonchev–Trinajstić information content (AvgIpc) is 3.03. The first-order chi connectivity index (χ1) is 13.1. The highest BCUT2D eigenvalue weighted by molar-refractivity contribution is 5.18. The highest BCUT2D eigenvalue weighted by atomic mass is 16.7. The third-order valence-electron chi connectivity index (χ3n) is 9.24. The van der Waals surface area contributed by atoms with Gasteiger partial charge in [0, 0.05) is 23.9 Å². The molecule has 5 heteroatoms. The smallest absolute Gasteiger partial charge is 0.163 e. The van der Waals surface area contributed by atoms with Crippen molar-refractivity contribution in [1.29, 1.82) is 0 Å². The largest absolute Gasteiger partial charge is 0.396 e. The van der Waals surface area contributed by atoms with E-state index in [1.165, 1.54) is 6.42 Å². The number of aliphatic hydroxyl groups is 2. The topological polar surface area (TPSA) is 68.2 Å². The van der Waals surface area contributed by atoms with Crippen LogP contribution >= 0.6 is 0 Å². The van der Waals surface area contributed by atoms with Crippen molar-refractivity contribution in [3.63, 3.8) is 0 Å². The van der Waals surface area contributed by atoms with Gasteiger partial charge in [-0.15, -0.1) is 0 Å². The lowest BCUT2D eigenvalue weighted by Crippen LogP contribution is -2.69. The Bertz CT molecular complexity index is 608. The predicted molar refractivity (Wildman–Crippen MR) is 107 cm³/mol. The molecule has 1 spiro atoms. The molecule has 0 aromatic rings. The van der Waals surface area contributed by atoms with Crippen LogP contribution in [-0.4, -0.2) is 53.1 Å². The summed E-state index contributed by atoms with van der Waals surface area (Å²) in [6.45, 7) is 12.0. The molecule has 0 unspecified atom stereocenters. The van der Waals surface area contributed by atoms with E-state index in [0.717, 1.165) is 38.7 Å². The first-order valence-corrected chi connectivity index (χ1v) is 11.3. The summed E-state index contributed by atoms with van der Waals surface area (Å²) in [7, 11) is 0. The van der Waals surface area contributed by atoms with Crippen LogP contribution in [0.5, 0.6) is 0 Å². The minimum absolute atomic E-state index is 0.0108. The van der Waals surface area contributed by atoms with Crippen molar-refractivity contribution in [3.05, 3.63) is 0 Å². The Balaban J connectivity index is 1.70. The maximum Gasteiger partial charge on any atom is 0.163 e. The van der Waals surface area contributed by atoms with Gasteiger partial charge in [-0.25, -0.2) is 0 Å². The second-order valence-electron chi connectivity index (χ2n) is 11.1. The highest BCUT2D eigenvalue weighted by Crippen LogP contribution is 2.69. The van der Waals surface area contributed by atoms with E-state index in [4.69, 9.17) is 14.2 Å². The highest BCUT2D eigenvalue weighted by Gasteiger charge is 2.70. The maximum atomic E-state index is 10.1. The van der Waals surface area contributed by atoms with Crippen molar-refractivity contribution in [3.8, 4) is 0 Å². The van der Waals surface area contributed by atoms with Crippen LogP contribution in [0, 0.1) is 22.7 Å². The molecule has 4 rings (SSSR count). The molecular formula is C23H40O5. The number of hydrogen-bond acceptors (Lipinski definition) is 5. The van der Waals surface area contributed by atoms with Gasteiger partial charge in [0.05, 0.1) is 30.5 Å². The summed E-state index contributed by atoms with van der Waals surface area (Å²) in [6, 6.07) is 0. The molecule has 0 amide bonds. The van der Waals surface area contributed by atoms with Gasteiger partial charge in [-0.1, -0.05) is 20.8 Å². The van der Waals surface area contributed by atoms with E-state index < -0.39 is 11.4 Å². The summed E-state index contributed by atoms with van der Waals surface area (Å²) in [4.78, 5) is 0. The van der Waals surface area contributed by atoms with Crippen LogP contribution < -0.4 is 0 Å². The molecule has 0 aromatic carbocycles. The van der Waals surface area contributed by atoms with Crippen LogP contribution in [0.4, 0.5) is 0 Å². The number of ether oxygens (including phenoxy) is 3. The Kier molecular flexibility index (Phi) is 5.00. The first-order valence-electron chi connectivity index (χ1n) is 11.3. The van der Waals surface area contributed by atoms with Gasteiger partial charge in [-0.05, 0) is 64.2 Å². The number of fused-ring (bicyclic) bond motifs is 4. The summed E-state index contributed by atoms with van der Waals surface area (Å²) >= 11 is 0. The minimum Gasteiger partial charge on any atom is -0.396 e. The summed E-state index contributed by atoms with van der Waals surface area (Å²) in [5.41, 5.74) is -0.820. The average molecular weight is 397 g/mol. The zero-order valence-electron chi connectivity index (χ0n) is 18.4. The minimum atomic E-state index is -0.590. The first kappa shape index (κ1) is 21.0. The Morgan fingerprint density at radius 2 is 1.71 bits per heavy atom. The fourth-order valence-electron chi connectivity index (χ4n) is 7.57. The second-order valence-corrected chi connectivity index (χ2v) is 11.1. The van der Waals surface area contributed by atoms with Crippen LogP contribution in [0.2, 0.25) is 0 Å². The van der Waals surface area contributed by atoms with Crippen molar-refractivity contribution < 1.29 is 24.4 Å². The zero-order chi connectivity index (χ0) is 20.4. The summed E-state index contributed by atoms with van der Waals surface area (Å²) < 4.78 is 19.5. The summed E-state index contributed by atoms with van der Waals surface area (Å²) in [6.07, 6.45) is 6.95. The molecule has 28 heavy (non-hydrogen) atoms. The van der Waals surface area contributed by atoms with E-state index in [2.05, 4.69) is 20.8 Å². The van der Waals surface area contributed by atoms with Gasteiger partial charge >= 0.3 is 0 Å². The molecule has 4 fully saturated rings. The van der Waals surface area contributed by atoms with Gasteiger partial charge in [0.15, 0.2) is 5.79 Å². The fourth-order valence-corrected chi connectivity index (χ4v) is 7.57. The zero-order valence-corrected chi connectivity index (χ0v) is 18.4. The third-order valence-corrected chi connectivity index (χ3v) is 9.24. The Labute approximate surface area is 170 Å². The molecule has 2 N–H and O–H groups in total. The van der Waals surface area contributed by atoms with Crippen molar-refractivity contribution in [2.75, 3.05) is 19.8 Å². The van der Waals surface area contributed by atoms with Crippen molar-refractivity contribution in [1.82, 2.24) is 0 Å². The normalized spacial score (nSPS) is 53.0. The molecule has 0 bridgehead atoms. The Hall–Kier alpha value is -0.200.